The van der Waals surface area contributed by atoms with E-state index in [-0.39, 0.29) is 0 Å². The molecule has 1 rings (SSSR count). The molecule has 0 unspecified atom stereocenters. The minimum atomic E-state index is 0.449. The Kier molecular flexibility index (Phi) is 1.96. The highest BCUT2D eigenvalue weighted by Gasteiger charge is 2.41. The van der Waals surface area contributed by atoms with E-state index in [4.69, 9.17) is 6.57 Å². The van der Waals surface area contributed by atoms with Gasteiger partial charge < -0.3 is 4.85 Å². The highest BCUT2D eigenvalue weighted by molar-refractivity contribution is 4.98. The molecule has 0 bridgehead atoms. The van der Waals surface area contributed by atoms with Gasteiger partial charge in [0.25, 0.3) is 0 Å². The molecular weight excluding hydrogens is 124 g/mol. The average Bonchev–Trinajstić information content (AvgIpc) is 2.64. The zero-order chi connectivity index (χ0) is 7.61. The third-order valence-corrected chi connectivity index (χ3v) is 2.44. The predicted octanol–water partition coefficient (Wildman–Crippen LogP) is 1.39. The van der Waals surface area contributed by atoms with Crippen molar-refractivity contribution in [3.63, 3.8) is 0 Å². The van der Waals surface area contributed by atoms with Gasteiger partial charge >= 0.3 is 0 Å². The second-order valence-electron chi connectivity index (χ2n) is 3.30. The molecule has 0 N–H and O–H groups in total. The molecule has 0 atom stereocenters. The molecule has 0 amide bonds. The van der Waals surface area contributed by atoms with E-state index in [1.54, 1.807) is 0 Å². The molecule has 0 aromatic carbocycles. The molecule has 0 radical (unpaired) electrons. The molecule has 2 heteroatoms. The smallest absolute Gasteiger partial charge is 0.227 e. The summed E-state index contributed by atoms with van der Waals surface area (Å²) in [6.07, 6.45) is 2.61. The maximum Gasteiger partial charge on any atom is 0.227 e. The van der Waals surface area contributed by atoms with Crippen LogP contribution >= 0.6 is 0 Å². The summed E-state index contributed by atoms with van der Waals surface area (Å²) >= 11 is 0. The minimum absolute atomic E-state index is 0.449. The standard InChI is InChI=1S/C8H14N2/c1-8(4-5-8)10(3)7-6-9-2/h4-7H2,1,3H3. The Balaban J connectivity index is 2.23. The van der Waals surface area contributed by atoms with Crippen molar-refractivity contribution in [1.29, 1.82) is 0 Å². The van der Waals surface area contributed by atoms with Gasteiger partial charge in [0.2, 0.25) is 6.54 Å². The first-order chi connectivity index (χ1) is 4.69. The molecule has 0 spiro atoms. The van der Waals surface area contributed by atoms with Crippen molar-refractivity contribution in [3.8, 4) is 0 Å². The lowest BCUT2D eigenvalue weighted by Crippen LogP contribution is -2.32. The molecule has 1 fully saturated rings. The summed E-state index contributed by atoms with van der Waals surface area (Å²) in [5, 5.41) is 0. The molecule has 0 aromatic rings. The van der Waals surface area contributed by atoms with E-state index in [0.717, 1.165) is 6.54 Å². The average molecular weight is 138 g/mol. The van der Waals surface area contributed by atoms with Crippen LogP contribution < -0.4 is 0 Å². The van der Waals surface area contributed by atoms with Crippen LogP contribution in [-0.2, 0) is 0 Å². The fourth-order valence-electron chi connectivity index (χ4n) is 1.03. The lowest BCUT2D eigenvalue weighted by molar-refractivity contribution is 0.250. The Morgan fingerprint density at radius 2 is 2.20 bits per heavy atom. The van der Waals surface area contributed by atoms with Crippen molar-refractivity contribution in [2.75, 3.05) is 20.1 Å². The molecule has 2 nitrogen and oxygen atoms in total. The van der Waals surface area contributed by atoms with Crippen molar-refractivity contribution in [3.05, 3.63) is 11.4 Å². The number of nitrogens with zero attached hydrogens (tertiary/aromatic N) is 2. The van der Waals surface area contributed by atoms with E-state index >= 15 is 0 Å². The quantitative estimate of drug-likeness (QED) is 0.535. The van der Waals surface area contributed by atoms with Crippen LogP contribution in [0.3, 0.4) is 0 Å². The zero-order valence-electron chi connectivity index (χ0n) is 6.72. The Morgan fingerprint density at radius 3 is 2.60 bits per heavy atom. The fourth-order valence-corrected chi connectivity index (χ4v) is 1.03. The normalized spacial score (nSPS) is 20.6. The first-order valence-electron chi connectivity index (χ1n) is 3.73. The highest BCUT2D eigenvalue weighted by Crippen LogP contribution is 2.39. The van der Waals surface area contributed by atoms with Gasteiger partial charge in [-0.2, -0.15) is 0 Å². The highest BCUT2D eigenvalue weighted by atomic mass is 15.2. The monoisotopic (exact) mass is 138 g/mol. The Hall–Kier alpha value is -0.550. The molecule has 0 heterocycles. The fraction of sp³-hybridized carbons (Fsp3) is 0.875. The van der Waals surface area contributed by atoms with Gasteiger partial charge in [-0.3, -0.25) is 4.90 Å². The number of hydrogen-bond acceptors (Lipinski definition) is 1. The second-order valence-corrected chi connectivity index (χ2v) is 3.30. The van der Waals surface area contributed by atoms with Gasteiger partial charge in [-0.25, -0.2) is 6.57 Å². The van der Waals surface area contributed by atoms with Crippen molar-refractivity contribution >= 4 is 0 Å². The van der Waals surface area contributed by atoms with Gasteiger partial charge in [0.15, 0.2) is 0 Å². The SMILES string of the molecule is [C-]#[N+]CCN(C)C1(C)CC1. The molecule has 1 saturated carbocycles. The Bertz CT molecular complexity index is 153. The summed E-state index contributed by atoms with van der Waals surface area (Å²) in [5.41, 5.74) is 0.449. The second kappa shape index (κ2) is 2.59. The summed E-state index contributed by atoms with van der Waals surface area (Å²) < 4.78 is 0. The molecule has 0 aromatic heterocycles. The largest absolute Gasteiger partial charge is 0.316 e. The number of rotatable bonds is 3. The Labute approximate surface area is 62.7 Å². The van der Waals surface area contributed by atoms with E-state index < -0.39 is 0 Å². The van der Waals surface area contributed by atoms with E-state index in [0.29, 0.717) is 12.1 Å². The Morgan fingerprint density at radius 1 is 1.60 bits per heavy atom. The first kappa shape index (κ1) is 7.56. The summed E-state index contributed by atoms with van der Waals surface area (Å²) in [5.74, 6) is 0. The van der Waals surface area contributed by atoms with Crippen LogP contribution in [0.4, 0.5) is 0 Å². The molecule has 1 aliphatic rings. The van der Waals surface area contributed by atoms with Crippen LogP contribution in [0.5, 0.6) is 0 Å². The minimum Gasteiger partial charge on any atom is -0.316 e. The maximum absolute atomic E-state index is 6.62. The van der Waals surface area contributed by atoms with Crippen LogP contribution in [0.2, 0.25) is 0 Å². The van der Waals surface area contributed by atoms with Crippen molar-refractivity contribution in [2.24, 2.45) is 0 Å². The van der Waals surface area contributed by atoms with E-state index in [9.17, 15) is 0 Å². The van der Waals surface area contributed by atoms with Crippen LogP contribution in [0.15, 0.2) is 0 Å². The molecule has 1 aliphatic carbocycles. The van der Waals surface area contributed by atoms with Crippen molar-refractivity contribution in [1.82, 2.24) is 4.90 Å². The summed E-state index contributed by atoms with van der Waals surface area (Å²) in [6.45, 7) is 10.5. The molecule has 0 saturated heterocycles. The van der Waals surface area contributed by atoms with E-state index in [1.165, 1.54) is 12.8 Å². The summed E-state index contributed by atoms with van der Waals surface area (Å²) in [4.78, 5) is 5.62. The van der Waals surface area contributed by atoms with Gasteiger partial charge in [-0.15, -0.1) is 0 Å². The lowest BCUT2D eigenvalue weighted by Gasteiger charge is -2.21. The van der Waals surface area contributed by atoms with E-state index in [2.05, 4.69) is 23.7 Å². The predicted molar refractivity (Wildman–Crippen MR) is 41.7 cm³/mol. The van der Waals surface area contributed by atoms with Crippen molar-refractivity contribution in [2.45, 2.75) is 25.3 Å². The summed E-state index contributed by atoms with van der Waals surface area (Å²) in [6, 6.07) is 0. The number of hydrogen-bond donors (Lipinski definition) is 0. The molecular formula is C8H14N2. The van der Waals surface area contributed by atoms with Crippen LogP contribution in [0.25, 0.3) is 4.85 Å². The van der Waals surface area contributed by atoms with Gasteiger partial charge in [-0.1, -0.05) is 0 Å². The number of likely N-dealkylation sites (N-methyl/N-ethyl adjacent to an activating group) is 1. The topological polar surface area (TPSA) is 7.60 Å². The van der Waals surface area contributed by atoms with Crippen LogP contribution in [0.1, 0.15) is 19.8 Å². The van der Waals surface area contributed by atoms with Crippen molar-refractivity contribution < 1.29 is 0 Å². The van der Waals surface area contributed by atoms with Gasteiger partial charge in [0, 0.05) is 5.54 Å². The van der Waals surface area contributed by atoms with Crippen LogP contribution in [0, 0.1) is 6.57 Å². The molecule has 56 valence electrons. The molecule has 0 aliphatic heterocycles. The van der Waals surface area contributed by atoms with Gasteiger partial charge in [0.05, 0.1) is 6.54 Å². The van der Waals surface area contributed by atoms with Gasteiger partial charge in [-0.05, 0) is 26.8 Å². The lowest BCUT2D eigenvalue weighted by atomic mass is 10.3. The van der Waals surface area contributed by atoms with Gasteiger partial charge in [0.1, 0.15) is 0 Å². The first-order valence-corrected chi connectivity index (χ1v) is 3.73. The summed E-state index contributed by atoms with van der Waals surface area (Å²) in [7, 11) is 2.11. The maximum atomic E-state index is 6.62. The zero-order valence-corrected chi connectivity index (χ0v) is 6.72. The third-order valence-electron chi connectivity index (χ3n) is 2.44. The third kappa shape index (κ3) is 1.48. The van der Waals surface area contributed by atoms with Crippen LogP contribution in [-0.4, -0.2) is 30.6 Å². The molecule has 10 heavy (non-hydrogen) atoms. The van der Waals surface area contributed by atoms with E-state index in [1.807, 2.05) is 0 Å².